The van der Waals surface area contributed by atoms with Crippen LogP contribution in [0.1, 0.15) is 37.6 Å². The maximum Gasteiger partial charge on any atom is 0.242 e. The third kappa shape index (κ3) is 3.58. The minimum atomic E-state index is -0.0472. The number of rotatable bonds is 6. The van der Waals surface area contributed by atoms with Crippen LogP contribution in [0.4, 0.5) is 5.69 Å². The van der Waals surface area contributed by atoms with Gasteiger partial charge in [-0.3, -0.25) is 9.59 Å². The SMILES string of the molecule is CCN(CC)C(=O)Cn1c([C@@H]2CC(=O)N(c3ccccc3C)C2)nc2ccccc21. The number of anilines is 1. The zero-order valence-electron chi connectivity index (χ0n) is 17.8. The lowest BCUT2D eigenvalue weighted by Gasteiger charge is -2.21. The van der Waals surface area contributed by atoms with Gasteiger partial charge < -0.3 is 14.4 Å². The van der Waals surface area contributed by atoms with E-state index < -0.39 is 0 Å². The molecule has 1 fully saturated rings. The summed E-state index contributed by atoms with van der Waals surface area (Å²) in [4.78, 5) is 34.3. The average Bonchev–Trinajstić information content (AvgIpc) is 3.30. The van der Waals surface area contributed by atoms with Gasteiger partial charge in [0.25, 0.3) is 0 Å². The quantitative estimate of drug-likeness (QED) is 0.629. The largest absolute Gasteiger partial charge is 0.342 e. The molecule has 1 atom stereocenters. The number of likely N-dealkylation sites (N-methyl/N-ethyl adjacent to an activating group) is 1. The summed E-state index contributed by atoms with van der Waals surface area (Å²) in [5.74, 6) is 0.947. The van der Waals surface area contributed by atoms with Gasteiger partial charge in [0.05, 0.1) is 11.0 Å². The molecule has 4 rings (SSSR count). The van der Waals surface area contributed by atoms with E-state index in [9.17, 15) is 9.59 Å². The van der Waals surface area contributed by atoms with Crippen molar-refractivity contribution in [2.24, 2.45) is 0 Å². The van der Waals surface area contributed by atoms with Crippen LogP contribution in [0, 0.1) is 6.92 Å². The standard InChI is InChI=1S/C24H28N4O2/c1-4-26(5-2)23(30)16-28-21-13-9-7-11-19(21)25-24(28)18-14-22(29)27(15-18)20-12-8-6-10-17(20)3/h6-13,18H,4-5,14-16H2,1-3H3/t18-/m1/s1. The number of hydrogen-bond donors (Lipinski definition) is 0. The van der Waals surface area contributed by atoms with Crippen molar-refractivity contribution in [3.05, 3.63) is 59.9 Å². The van der Waals surface area contributed by atoms with E-state index in [1.54, 1.807) is 0 Å². The molecule has 2 heterocycles. The second kappa shape index (κ2) is 8.30. The van der Waals surface area contributed by atoms with Gasteiger partial charge in [0.15, 0.2) is 0 Å². The molecule has 6 heteroatoms. The number of benzene rings is 2. The van der Waals surface area contributed by atoms with Crippen molar-refractivity contribution in [3.8, 4) is 0 Å². The van der Waals surface area contributed by atoms with Gasteiger partial charge in [-0.25, -0.2) is 4.98 Å². The third-order valence-corrected chi connectivity index (χ3v) is 5.99. The highest BCUT2D eigenvalue weighted by molar-refractivity contribution is 5.97. The molecular weight excluding hydrogens is 376 g/mol. The molecule has 30 heavy (non-hydrogen) atoms. The van der Waals surface area contributed by atoms with E-state index in [1.807, 2.05) is 83.7 Å². The summed E-state index contributed by atoms with van der Waals surface area (Å²) in [6.45, 7) is 8.18. The Morgan fingerprint density at radius 2 is 1.80 bits per heavy atom. The molecule has 2 aromatic carbocycles. The highest BCUT2D eigenvalue weighted by Crippen LogP contribution is 2.34. The van der Waals surface area contributed by atoms with Crippen molar-refractivity contribution >= 4 is 28.5 Å². The van der Waals surface area contributed by atoms with E-state index in [0.717, 1.165) is 28.1 Å². The summed E-state index contributed by atoms with van der Waals surface area (Å²) >= 11 is 0. The molecule has 0 spiro atoms. The van der Waals surface area contributed by atoms with Gasteiger partial charge in [-0.05, 0) is 44.5 Å². The maximum atomic E-state index is 12.9. The molecule has 0 saturated carbocycles. The molecule has 1 aliphatic heterocycles. The van der Waals surface area contributed by atoms with Gasteiger partial charge in [0.2, 0.25) is 11.8 Å². The highest BCUT2D eigenvalue weighted by atomic mass is 16.2. The van der Waals surface area contributed by atoms with Gasteiger partial charge in [0, 0.05) is 37.7 Å². The molecule has 3 aromatic rings. The Bertz CT molecular complexity index is 1080. The topological polar surface area (TPSA) is 58.4 Å². The van der Waals surface area contributed by atoms with Gasteiger partial charge in [-0.15, -0.1) is 0 Å². The Hall–Kier alpha value is -3.15. The zero-order valence-corrected chi connectivity index (χ0v) is 17.8. The number of carbonyl (C=O) groups excluding carboxylic acids is 2. The lowest BCUT2D eigenvalue weighted by atomic mass is 10.1. The fraction of sp³-hybridized carbons (Fsp3) is 0.375. The first-order valence-electron chi connectivity index (χ1n) is 10.6. The molecule has 156 valence electrons. The van der Waals surface area contributed by atoms with Crippen molar-refractivity contribution in [1.29, 1.82) is 0 Å². The predicted octanol–water partition coefficient (Wildman–Crippen LogP) is 3.73. The Morgan fingerprint density at radius 1 is 1.10 bits per heavy atom. The average molecular weight is 405 g/mol. The van der Waals surface area contributed by atoms with E-state index >= 15 is 0 Å². The van der Waals surface area contributed by atoms with Crippen molar-refractivity contribution in [2.45, 2.75) is 39.7 Å². The minimum Gasteiger partial charge on any atom is -0.342 e. The second-order valence-corrected chi connectivity index (χ2v) is 7.80. The van der Waals surface area contributed by atoms with Crippen LogP contribution in [0.2, 0.25) is 0 Å². The third-order valence-electron chi connectivity index (χ3n) is 5.99. The zero-order chi connectivity index (χ0) is 21.3. The first-order valence-corrected chi connectivity index (χ1v) is 10.6. The van der Waals surface area contributed by atoms with Crippen LogP contribution < -0.4 is 4.90 Å². The molecule has 1 aliphatic rings. The Labute approximate surface area is 177 Å². The second-order valence-electron chi connectivity index (χ2n) is 7.80. The van der Waals surface area contributed by atoms with Crippen LogP contribution in [0.15, 0.2) is 48.5 Å². The van der Waals surface area contributed by atoms with Crippen LogP contribution in [0.25, 0.3) is 11.0 Å². The number of amides is 2. The lowest BCUT2D eigenvalue weighted by molar-refractivity contribution is -0.131. The number of fused-ring (bicyclic) bond motifs is 1. The number of hydrogen-bond acceptors (Lipinski definition) is 3. The summed E-state index contributed by atoms with van der Waals surface area (Å²) in [6.07, 6.45) is 0.400. The molecular formula is C24H28N4O2. The fourth-order valence-corrected chi connectivity index (χ4v) is 4.36. The predicted molar refractivity (Wildman–Crippen MR) is 119 cm³/mol. The monoisotopic (exact) mass is 404 g/mol. The van der Waals surface area contributed by atoms with E-state index in [0.29, 0.717) is 26.1 Å². The van der Waals surface area contributed by atoms with Gasteiger partial charge in [-0.1, -0.05) is 30.3 Å². The summed E-state index contributed by atoms with van der Waals surface area (Å²) < 4.78 is 2.01. The van der Waals surface area contributed by atoms with Crippen molar-refractivity contribution < 1.29 is 9.59 Å². The number of para-hydroxylation sites is 3. The number of nitrogens with zero attached hydrogens (tertiary/aromatic N) is 4. The molecule has 0 radical (unpaired) electrons. The van der Waals surface area contributed by atoms with Crippen LogP contribution in [-0.2, 0) is 16.1 Å². The smallest absolute Gasteiger partial charge is 0.242 e. The summed E-state index contributed by atoms with van der Waals surface area (Å²) in [7, 11) is 0. The number of aryl methyl sites for hydroxylation is 1. The number of imidazole rings is 1. The summed E-state index contributed by atoms with van der Waals surface area (Å²) in [6, 6.07) is 15.8. The van der Waals surface area contributed by atoms with Crippen molar-refractivity contribution in [1.82, 2.24) is 14.5 Å². The molecule has 2 amide bonds. The van der Waals surface area contributed by atoms with E-state index in [4.69, 9.17) is 4.98 Å². The van der Waals surface area contributed by atoms with E-state index in [-0.39, 0.29) is 24.3 Å². The maximum absolute atomic E-state index is 12.9. The Morgan fingerprint density at radius 3 is 2.53 bits per heavy atom. The molecule has 0 N–H and O–H groups in total. The molecule has 0 bridgehead atoms. The van der Waals surface area contributed by atoms with E-state index in [2.05, 4.69) is 0 Å². The summed E-state index contributed by atoms with van der Waals surface area (Å²) in [5, 5.41) is 0. The van der Waals surface area contributed by atoms with Gasteiger partial charge in [-0.2, -0.15) is 0 Å². The Kier molecular flexibility index (Phi) is 5.57. The minimum absolute atomic E-state index is 0.0472. The molecule has 6 nitrogen and oxygen atoms in total. The van der Waals surface area contributed by atoms with Crippen molar-refractivity contribution in [3.63, 3.8) is 0 Å². The molecule has 1 saturated heterocycles. The van der Waals surface area contributed by atoms with Gasteiger partial charge in [0.1, 0.15) is 12.4 Å². The van der Waals surface area contributed by atoms with Crippen LogP contribution in [0.3, 0.4) is 0 Å². The van der Waals surface area contributed by atoms with Crippen LogP contribution in [-0.4, -0.2) is 45.9 Å². The number of carbonyl (C=O) groups is 2. The first kappa shape index (κ1) is 20.1. The highest BCUT2D eigenvalue weighted by Gasteiger charge is 2.35. The first-order chi connectivity index (χ1) is 14.5. The molecule has 0 unspecified atom stereocenters. The molecule has 1 aromatic heterocycles. The lowest BCUT2D eigenvalue weighted by Crippen LogP contribution is -2.34. The summed E-state index contributed by atoms with van der Waals surface area (Å²) in [5.41, 5.74) is 3.83. The van der Waals surface area contributed by atoms with E-state index in [1.165, 1.54) is 0 Å². The van der Waals surface area contributed by atoms with Crippen molar-refractivity contribution in [2.75, 3.05) is 24.5 Å². The normalized spacial score (nSPS) is 16.4. The van der Waals surface area contributed by atoms with Gasteiger partial charge >= 0.3 is 0 Å². The molecule has 0 aliphatic carbocycles. The fourth-order valence-electron chi connectivity index (χ4n) is 4.36. The van der Waals surface area contributed by atoms with Crippen LogP contribution >= 0.6 is 0 Å². The number of aromatic nitrogens is 2. The Balaban J connectivity index is 1.70. The van der Waals surface area contributed by atoms with Crippen LogP contribution in [0.5, 0.6) is 0 Å².